The maximum Gasteiger partial charge on any atom is 0.260 e. The largest absolute Gasteiger partial charge is 0.335 e. The highest BCUT2D eigenvalue weighted by Gasteiger charge is 2.20. The summed E-state index contributed by atoms with van der Waals surface area (Å²) in [6.45, 7) is 1.90. The molecule has 0 aliphatic carbocycles. The minimum absolute atomic E-state index is 0.135. The highest BCUT2D eigenvalue weighted by molar-refractivity contribution is 6.30. The van der Waals surface area contributed by atoms with Crippen LogP contribution in [0.1, 0.15) is 28.9 Å². The number of amides is 1. The number of carbonyl (C=O) groups excluding carboxylic acids is 1. The van der Waals surface area contributed by atoms with E-state index >= 15 is 0 Å². The number of pyridine rings is 1. The topological polar surface area (TPSA) is 53.2 Å². The van der Waals surface area contributed by atoms with Crippen LogP contribution in [0.2, 0.25) is 5.02 Å². The van der Waals surface area contributed by atoms with Crippen molar-refractivity contribution in [1.82, 2.24) is 9.88 Å². The first kappa shape index (κ1) is 14.3. The number of hydrogen-bond acceptors (Lipinski definition) is 2. The molecule has 4 nitrogen and oxygen atoms in total. The zero-order valence-electron chi connectivity index (χ0n) is 11.3. The number of aromatic nitrogens is 1. The smallest absolute Gasteiger partial charge is 0.260 e. The normalized spacial score (nSPS) is 11.9. The van der Waals surface area contributed by atoms with E-state index in [0.717, 1.165) is 5.56 Å². The highest BCUT2D eigenvalue weighted by Crippen LogP contribution is 2.21. The zero-order valence-corrected chi connectivity index (χ0v) is 12.0. The lowest BCUT2D eigenvalue weighted by Gasteiger charge is -2.25. The second-order valence-electron chi connectivity index (χ2n) is 4.56. The lowest BCUT2D eigenvalue weighted by molar-refractivity contribution is 0.0741. The summed E-state index contributed by atoms with van der Waals surface area (Å²) in [6.07, 6.45) is 1.50. The second kappa shape index (κ2) is 5.92. The van der Waals surface area contributed by atoms with Gasteiger partial charge in [0, 0.05) is 18.3 Å². The molecule has 104 valence electrons. The van der Waals surface area contributed by atoms with Gasteiger partial charge in [-0.1, -0.05) is 23.7 Å². The van der Waals surface area contributed by atoms with Crippen LogP contribution < -0.4 is 5.56 Å². The summed E-state index contributed by atoms with van der Waals surface area (Å²) in [6, 6.07) is 10.3. The number of hydrogen-bond donors (Lipinski definition) is 1. The van der Waals surface area contributed by atoms with Gasteiger partial charge in [0.05, 0.1) is 6.04 Å². The average Bonchev–Trinajstić information content (AvgIpc) is 2.46. The third-order valence-corrected chi connectivity index (χ3v) is 3.55. The molecule has 5 heteroatoms. The van der Waals surface area contributed by atoms with Crippen LogP contribution in [-0.2, 0) is 0 Å². The van der Waals surface area contributed by atoms with Gasteiger partial charge in [0.1, 0.15) is 5.56 Å². The first-order chi connectivity index (χ1) is 9.50. The predicted molar refractivity (Wildman–Crippen MR) is 79.0 cm³/mol. The Balaban J connectivity index is 2.25. The van der Waals surface area contributed by atoms with Gasteiger partial charge in [0.2, 0.25) is 0 Å². The van der Waals surface area contributed by atoms with Crippen molar-refractivity contribution in [2.75, 3.05) is 7.05 Å². The average molecular weight is 291 g/mol. The second-order valence-corrected chi connectivity index (χ2v) is 4.99. The Bertz CT molecular complexity index is 664. The zero-order chi connectivity index (χ0) is 14.7. The van der Waals surface area contributed by atoms with Crippen molar-refractivity contribution in [3.63, 3.8) is 0 Å². The molecule has 1 aromatic carbocycles. The molecule has 0 aliphatic rings. The van der Waals surface area contributed by atoms with Gasteiger partial charge in [-0.05, 0) is 36.8 Å². The number of halogens is 1. The van der Waals surface area contributed by atoms with E-state index < -0.39 is 0 Å². The molecule has 1 amide bonds. The molecule has 1 heterocycles. The van der Waals surface area contributed by atoms with Gasteiger partial charge < -0.3 is 9.88 Å². The van der Waals surface area contributed by atoms with E-state index in [0.29, 0.717) is 5.02 Å². The van der Waals surface area contributed by atoms with Gasteiger partial charge in [-0.2, -0.15) is 0 Å². The molecule has 0 fully saturated rings. The maximum atomic E-state index is 12.3. The first-order valence-electron chi connectivity index (χ1n) is 6.21. The van der Waals surface area contributed by atoms with Crippen molar-refractivity contribution in [3.8, 4) is 0 Å². The number of H-pyrrole nitrogens is 1. The molecule has 1 aromatic heterocycles. The number of carbonyl (C=O) groups is 1. The van der Waals surface area contributed by atoms with Crippen LogP contribution in [0.5, 0.6) is 0 Å². The molecule has 20 heavy (non-hydrogen) atoms. The molecule has 1 atom stereocenters. The fourth-order valence-electron chi connectivity index (χ4n) is 1.92. The van der Waals surface area contributed by atoms with Crippen LogP contribution in [0.4, 0.5) is 0 Å². The van der Waals surface area contributed by atoms with Crippen LogP contribution in [0.3, 0.4) is 0 Å². The lowest BCUT2D eigenvalue weighted by atomic mass is 10.1. The number of nitrogens with one attached hydrogen (secondary N) is 1. The van der Waals surface area contributed by atoms with E-state index in [1.165, 1.54) is 17.2 Å². The predicted octanol–water partition coefficient (Wildman–Crippen LogP) is 2.86. The Morgan fingerprint density at radius 1 is 1.25 bits per heavy atom. The van der Waals surface area contributed by atoms with Crippen molar-refractivity contribution in [2.45, 2.75) is 13.0 Å². The minimum Gasteiger partial charge on any atom is -0.335 e. The highest BCUT2D eigenvalue weighted by atomic mass is 35.5. The number of benzene rings is 1. The first-order valence-corrected chi connectivity index (χ1v) is 6.59. The molecule has 2 rings (SSSR count). The monoisotopic (exact) mass is 290 g/mol. The van der Waals surface area contributed by atoms with Gasteiger partial charge in [-0.25, -0.2) is 0 Å². The van der Waals surface area contributed by atoms with Gasteiger partial charge in [-0.15, -0.1) is 0 Å². The Morgan fingerprint density at radius 3 is 2.50 bits per heavy atom. The quantitative estimate of drug-likeness (QED) is 0.945. The van der Waals surface area contributed by atoms with E-state index in [9.17, 15) is 9.59 Å². The summed E-state index contributed by atoms with van der Waals surface area (Å²) in [4.78, 5) is 28.0. The van der Waals surface area contributed by atoms with E-state index in [2.05, 4.69) is 4.98 Å². The minimum atomic E-state index is -0.382. The van der Waals surface area contributed by atoms with Crippen LogP contribution >= 0.6 is 11.6 Å². The molecule has 2 aromatic rings. The summed E-state index contributed by atoms with van der Waals surface area (Å²) in [5.41, 5.74) is 0.709. The van der Waals surface area contributed by atoms with Gasteiger partial charge in [0.25, 0.3) is 11.5 Å². The summed E-state index contributed by atoms with van der Waals surface area (Å²) >= 11 is 5.85. The van der Waals surface area contributed by atoms with E-state index in [1.807, 2.05) is 19.1 Å². The SMILES string of the molecule is CC(c1ccc(Cl)cc1)N(C)C(=O)c1ccc[nH]c1=O. The molecule has 1 unspecified atom stereocenters. The summed E-state index contributed by atoms with van der Waals surface area (Å²) in [5, 5.41) is 0.648. The van der Waals surface area contributed by atoms with Gasteiger partial charge >= 0.3 is 0 Å². The van der Waals surface area contributed by atoms with Gasteiger partial charge in [-0.3, -0.25) is 9.59 Å². The Labute approximate surface area is 122 Å². The fraction of sp³-hybridized carbons (Fsp3) is 0.200. The Hall–Kier alpha value is -2.07. The molecular weight excluding hydrogens is 276 g/mol. The molecule has 0 aliphatic heterocycles. The molecule has 0 saturated carbocycles. The number of rotatable bonds is 3. The Kier molecular flexibility index (Phi) is 4.25. The van der Waals surface area contributed by atoms with Crippen molar-refractivity contribution in [2.24, 2.45) is 0 Å². The third-order valence-electron chi connectivity index (χ3n) is 3.30. The lowest BCUT2D eigenvalue weighted by Crippen LogP contribution is -2.33. The standard InChI is InChI=1S/C15H15ClN2O2/c1-10(11-5-7-12(16)8-6-11)18(2)15(20)13-4-3-9-17-14(13)19/h3-10H,1-2H3,(H,17,19). The number of aromatic amines is 1. The van der Waals surface area contributed by atoms with Crippen molar-refractivity contribution >= 4 is 17.5 Å². The summed E-state index contributed by atoms with van der Waals surface area (Å²) < 4.78 is 0. The molecule has 0 spiro atoms. The molecule has 0 bridgehead atoms. The summed E-state index contributed by atoms with van der Waals surface area (Å²) in [7, 11) is 1.67. The van der Waals surface area contributed by atoms with Crippen molar-refractivity contribution in [3.05, 3.63) is 69.1 Å². The van der Waals surface area contributed by atoms with Crippen LogP contribution in [-0.4, -0.2) is 22.8 Å². The van der Waals surface area contributed by atoms with Crippen LogP contribution in [0.25, 0.3) is 0 Å². The third kappa shape index (κ3) is 2.91. The van der Waals surface area contributed by atoms with Crippen molar-refractivity contribution in [1.29, 1.82) is 0 Å². The fourth-order valence-corrected chi connectivity index (χ4v) is 2.05. The Morgan fingerprint density at radius 2 is 1.90 bits per heavy atom. The maximum absolute atomic E-state index is 12.3. The molecule has 0 saturated heterocycles. The van der Waals surface area contributed by atoms with E-state index in [1.54, 1.807) is 25.2 Å². The number of nitrogens with zero attached hydrogens (tertiary/aromatic N) is 1. The van der Waals surface area contributed by atoms with Crippen LogP contribution in [0, 0.1) is 0 Å². The molecule has 0 radical (unpaired) electrons. The van der Waals surface area contributed by atoms with Gasteiger partial charge in [0.15, 0.2) is 0 Å². The van der Waals surface area contributed by atoms with Crippen molar-refractivity contribution < 1.29 is 4.79 Å². The summed E-state index contributed by atoms with van der Waals surface area (Å²) in [5.74, 6) is -0.311. The van der Waals surface area contributed by atoms with Crippen LogP contribution in [0.15, 0.2) is 47.4 Å². The molecular formula is C15H15ClN2O2. The van der Waals surface area contributed by atoms with E-state index in [-0.39, 0.29) is 23.1 Å². The van der Waals surface area contributed by atoms with E-state index in [4.69, 9.17) is 11.6 Å². The molecule has 1 N–H and O–H groups in total.